The molecule has 2 heterocycles. The van der Waals surface area contributed by atoms with Gasteiger partial charge >= 0.3 is 0 Å². The van der Waals surface area contributed by atoms with Crippen molar-refractivity contribution in [1.29, 1.82) is 0 Å². The molecular formula is C22H23N3O4. The SMILES string of the molecule is CN1CC23Cc4ccc(O)cc4[C@]4(Cc5[nH]c(=O)c(C(N)=O)cc5C[C@@]4(O)[C@H]12)C3. The van der Waals surface area contributed by atoms with Crippen LogP contribution in [0.25, 0.3) is 0 Å². The van der Waals surface area contributed by atoms with Crippen molar-refractivity contribution >= 4 is 5.91 Å². The van der Waals surface area contributed by atoms with E-state index >= 15 is 0 Å². The Morgan fingerprint density at radius 1 is 1.24 bits per heavy atom. The lowest BCUT2D eigenvalue weighted by Crippen LogP contribution is -2.70. The molecule has 4 aliphatic rings. The highest BCUT2D eigenvalue weighted by Gasteiger charge is 2.77. The molecule has 7 nitrogen and oxygen atoms in total. The summed E-state index contributed by atoms with van der Waals surface area (Å²) in [6.45, 7) is 0.918. The van der Waals surface area contributed by atoms with E-state index in [2.05, 4.69) is 9.88 Å². The molecule has 2 bridgehead atoms. The maximum Gasteiger partial charge on any atom is 0.261 e. The zero-order valence-corrected chi connectivity index (χ0v) is 16.2. The molecular weight excluding hydrogens is 370 g/mol. The molecule has 29 heavy (non-hydrogen) atoms. The smallest absolute Gasteiger partial charge is 0.261 e. The Balaban J connectivity index is 1.63. The number of fused-ring (bicyclic) bond motifs is 3. The molecule has 1 amide bonds. The van der Waals surface area contributed by atoms with E-state index in [4.69, 9.17) is 5.73 Å². The summed E-state index contributed by atoms with van der Waals surface area (Å²) in [7, 11) is 2.04. The Labute approximate surface area is 167 Å². The van der Waals surface area contributed by atoms with E-state index in [-0.39, 0.29) is 22.8 Å². The lowest BCUT2D eigenvalue weighted by atomic mass is 9.58. The van der Waals surface area contributed by atoms with Gasteiger partial charge in [0.1, 0.15) is 11.3 Å². The van der Waals surface area contributed by atoms with Crippen LogP contribution >= 0.6 is 0 Å². The van der Waals surface area contributed by atoms with Crippen LogP contribution < -0.4 is 11.3 Å². The van der Waals surface area contributed by atoms with Crippen molar-refractivity contribution in [1.82, 2.24) is 9.88 Å². The van der Waals surface area contributed by atoms with Crippen molar-refractivity contribution in [3.8, 4) is 5.75 Å². The van der Waals surface area contributed by atoms with Crippen molar-refractivity contribution in [2.24, 2.45) is 11.1 Å². The largest absolute Gasteiger partial charge is 0.508 e. The molecule has 150 valence electrons. The number of phenols is 1. The average Bonchev–Trinajstić information content (AvgIpc) is 2.76. The maximum atomic E-state index is 12.4. The Bertz CT molecular complexity index is 1170. The van der Waals surface area contributed by atoms with Gasteiger partial charge in [-0.15, -0.1) is 0 Å². The van der Waals surface area contributed by atoms with Crippen molar-refractivity contribution in [2.45, 2.75) is 42.7 Å². The monoisotopic (exact) mass is 393 g/mol. The predicted octanol–water partition coefficient (Wildman–Crippen LogP) is 0.207. The van der Waals surface area contributed by atoms with E-state index in [1.54, 1.807) is 18.2 Å². The summed E-state index contributed by atoms with van der Waals surface area (Å²) in [4.78, 5) is 29.2. The van der Waals surface area contributed by atoms with Gasteiger partial charge < -0.3 is 20.9 Å². The number of rotatable bonds is 1. The molecule has 6 rings (SSSR count). The third-order valence-corrected chi connectivity index (χ3v) is 8.09. The summed E-state index contributed by atoms with van der Waals surface area (Å²) >= 11 is 0. The molecule has 7 heteroatoms. The summed E-state index contributed by atoms with van der Waals surface area (Å²) in [6, 6.07) is 7.02. The highest BCUT2D eigenvalue weighted by atomic mass is 16.3. The number of benzene rings is 1. The van der Waals surface area contributed by atoms with Crippen molar-refractivity contribution < 1.29 is 15.0 Å². The van der Waals surface area contributed by atoms with Crippen LogP contribution in [0, 0.1) is 5.41 Å². The van der Waals surface area contributed by atoms with Gasteiger partial charge in [0.2, 0.25) is 0 Å². The van der Waals surface area contributed by atoms with Gasteiger partial charge in [0.15, 0.2) is 0 Å². The summed E-state index contributed by atoms with van der Waals surface area (Å²) in [5.41, 5.74) is 6.84. The lowest BCUT2D eigenvalue weighted by Gasteiger charge is -2.57. The first-order valence-electron chi connectivity index (χ1n) is 9.99. The number of nitrogens with zero attached hydrogens (tertiary/aromatic N) is 1. The number of phenolic OH excluding ortho intramolecular Hbond substituents is 1. The van der Waals surface area contributed by atoms with Gasteiger partial charge in [0, 0.05) is 42.0 Å². The zero-order chi connectivity index (χ0) is 20.3. The lowest BCUT2D eigenvalue weighted by molar-refractivity contribution is -0.136. The standard InChI is InChI=1S/C22H23N3O4/c1-25-10-20-6-11-2-3-13(26)5-15(11)21(9-20)8-16-12(7-22(21,29)19(20)25)4-14(17(23)27)18(28)24-16/h2-5,19,26,29H,6-10H2,1H3,(H2,23,27)(H,24,28)/t19-,20?,21+,22-/m1/s1. The van der Waals surface area contributed by atoms with Crippen LogP contribution in [-0.4, -0.2) is 51.2 Å². The number of likely N-dealkylation sites (tertiary alicyclic amines) is 1. The van der Waals surface area contributed by atoms with Crippen LogP contribution in [0.5, 0.6) is 5.75 Å². The minimum Gasteiger partial charge on any atom is -0.508 e. The first-order valence-corrected chi connectivity index (χ1v) is 9.99. The fourth-order valence-electron chi connectivity index (χ4n) is 7.43. The number of amides is 1. The zero-order valence-electron chi connectivity index (χ0n) is 16.2. The van der Waals surface area contributed by atoms with Crippen molar-refractivity contribution in [3.63, 3.8) is 0 Å². The Kier molecular flexibility index (Phi) is 2.92. The van der Waals surface area contributed by atoms with Gasteiger partial charge in [-0.3, -0.25) is 14.5 Å². The van der Waals surface area contributed by atoms with Gasteiger partial charge in [-0.1, -0.05) is 6.07 Å². The van der Waals surface area contributed by atoms with Crippen LogP contribution in [-0.2, 0) is 24.7 Å². The van der Waals surface area contributed by atoms with E-state index in [0.717, 1.165) is 36.2 Å². The number of likely N-dealkylation sites (N-methyl/N-ethyl adjacent to an activating group) is 1. The van der Waals surface area contributed by atoms with Gasteiger partial charge in [-0.25, -0.2) is 0 Å². The number of carbonyl (C=O) groups excluding carboxylic acids is 1. The fraction of sp³-hybridized carbons (Fsp3) is 0.455. The number of aromatic nitrogens is 1. The van der Waals surface area contributed by atoms with Crippen molar-refractivity contribution in [2.75, 3.05) is 13.6 Å². The Hall–Kier alpha value is -2.64. The minimum absolute atomic E-state index is 0.0116. The van der Waals surface area contributed by atoms with Crippen LogP contribution in [0.1, 0.15) is 39.2 Å². The third-order valence-electron chi connectivity index (χ3n) is 8.09. The maximum absolute atomic E-state index is 12.4. The number of hydrogen-bond donors (Lipinski definition) is 4. The molecule has 4 atom stereocenters. The Morgan fingerprint density at radius 2 is 2.03 bits per heavy atom. The molecule has 2 spiro atoms. The van der Waals surface area contributed by atoms with Crippen LogP contribution in [0.3, 0.4) is 0 Å². The first kappa shape index (κ1) is 17.2. The highest BCUT2D eigenvalue weighted by Crippen LogP contribution is 2.70. The van der Waals surface area contributed by atoms with Crippen molar-refractivity contribution in [3.05, 3.63) is 62.6 Å². The fourth-order valence-corrected chi connectivity index (χ4v) is 7.43. The number of aliphatic hydroxyl groups is 1. The average molecular weight is 393 g/mol. The number of pyridine rings is 1. The molecule has 2 fully saturated rings. The summed E-state index contributed by atoms with van der Waals surface area (Å²) in [6.07, 6.45) is 2.50. The summed E-state index contributed by atoms with van der Waals surface area (Å²) in [5, 5.41) is 22.5. The molecule has 5 N–H and O–H groups in total. The van der Waals surface area contributed by atoms with Gasteiger partial charge in [0.05, 0.1) is 5.60 Å². The number of aromatic amines is 1. The molecule has 1 aliphatic heterocycles. The molecule has 1 aromatic heterocycles. The van der Waals surface area contributed by atoms with E-state index in [1.165, 1.54) is 5.56 Å². The molecule has 1 saturated heterocycles. The predicted molar refractivity (Wildman–Crippen MR) is 105 cm³/mol. The molecule has 0 radical (unpaired) electrons. The minimum atomic E-state index is -1.06. The van der Waals surface area contributed by atoms with E-state index in [0.29, 0.717) is 12.8 Å². The second kappa shape index (κ2) is 4.91. The normalized spacial score (nSPS) is 36.4. The number of primary amides is 1. The number of H-pyrrole nitrogens is 1. The van der Waals surface area contributed by atoms with Gasteiger partial charge in [-0.05, 0) is 54.8 Å². The molecule has 1 saturated carbocycles. The van der Waals surface area contributed by atoms with E-state index < -0.39 is 22.5 Å². The second-order valence-corrected chi connectivity index (χ2v) is 9.62. The number of carbonyl (C=O) groups is 1. The summed E-state index contributed by atoms with van der Waals surface area (Å²) in [5.74, 6) is -0.577. The quantitative estimate of drug-likeness (QED) is 0.552. The van der Waals surface area contributed by atoms with Gasteiger partial charge in [-0.2, -0.15) is 0 Å². The first-order chi connectivity index (χ1) is 13.7. The summed E-state index contributed by atoms with van der Waals surface area (Å²) < 4.78 is 0. The Morgan fingerprint density at radius 3 is 2.76 bits per heavy atom. The number of aromatic hydroxyl groups is 1. The van der Waals surface area contributed by atoms with Crippen LogP contribution in [0.4, 0.5) is 0 Å². The molecule has 2 aromatic rings. The molecule has 1 aromatic carbocycles. The third kappa shape index (κ3) is 1.81. The topological polar surface area (TPSA) is 120 Å². The van der Waals surface area contributed by atoms with E-state index in [1.807, 2.05) is 13.1 Å². The van der Waals surface area contributed by atoms with Crippen LogP contribution in [0.2, 0.25) is 0 Å². The second-order valence-electron chi connectivity index (χ2n) is 9.62. The van der Waals surface area contributed by atoms with Gasteiger partial charge in [0.25, 0.3) is 11.5 Å². The molecule has 1 unspecified atom stereocenters. The molecule has 3 aliphatic carbocycles. The number of hydrogen-bond acceptors (Lipinski definition) is 5. The number of nitrogens with two attached hydrogens (primary N) is 1. The van der Waals surface area contributed by atoms with Crippen LogP contribution in [0.15, 0.2) is 29.1 Å². The number of nitrogens with one attached hydrogen (secondary N) is 1. The van der Waals surface area contributed by atoms with E-state index in [9.17, 15) is 19.8 Å². The highest BCUT2D eigenvalue weighted by molar-refractivity contribution is 5.92.